The summed E-state index contributed by atoms with van der Waals surface area (Å²) < 4.78 is 31.0. The molecule has 0 bridgehead atoms. The molecular formula is C9H10NNaO5S2. The van der Waals surface area contributed by atoms with Crippen LogP contribution in [0.2, 0.25) is 0 Å². The van der Waals surface area contributed by atoms with Gasteiger partial charge in [-0.1, -0.05) is 12.1 Å². The van der Waals surface area contributed by atoms with Gasteiger partial charge in [0.15, 0.2) is 0 Å². The van der Waals surface area contributed by atoms with Gasteiger partial charge in [-0.3, -0.25) is 10.1 Å². The van der Waals surface area contributed by atoms with Crippen molar-refractivity contribution in [2.45, 2.75) is 11.3 Å². The first-order chi connectivity index (χ1) is 7.90. The van der Waals surface area contributed by atoms with Crippen LogP contribution in [0.4, 0.5) is 5.69 Å². The molecule has 9 heteroatoms. The van der Waals surface area contributed by atoms with E-state index in [1.807, 2.05) is 0 Å². The predicted molar refractivity (Wildman–Crippen MR) is 63.0 cm³/mol. The number of nitro benzene ring substituents is 1. The molecule has 1 rings (SSSR count). The number of hydrogen-bond acceptors (Lipinski definition) is 6. The normalized spacial score (nSPS) is 10.7. The molecule has 0 atom stereocenters. The average molecular weight is 299 g/mol. The van der Waals surface area contributed by atoms with Crippen LogP contribution in [0, 0.1) is 10.1 Å². The van der Waals surface area contributed by atoms with Crippen molar-refractivity contribution in [2.24, 2.45) is 0 Å². The largest absolute Gasteiger partial charge is 1.00 e. The molecule has 18 heavy (non-hydrogen) atoms. The van der Waals surface area contributed by atoms with Gasteiger partial charge in [0, 0.05) is 11.8 Å². The molecule has 0 fully saturated rings. The van der Waals surface area contributed by atoms with Crippen molar-refractivity contribution in [3.8, 4) is 0 Å². The number of rotatable bonds is 6. The molecule has 0 spiro atoms. The summed E-state index contributed by atoms with van der Waals surface area (Å²) in [6, 6.07) is 6.20. The summed E-state index contributed by atoms with van der Waals surface area (Å²) in [6.45, 7) is 0. The number of para-hydroxylation sites is 1. The first-order valence-corrected chi connectivity index (χ1v) is 7.26. The van der Waals surface area contributed by atoms with Gasteiger partial charge in [-0.25, -0.2) is 8.42 Å². The van der Waals surface area contributed by atoms with Crippen LogP contribution >= 0.6 is 11.8 Å². The Hall–Kier alpha value is -0.120. The molecule has 0 amide bonds. The van der Waals surface area contributed by atoms with Gasteiger partial charge in [0.1, 0.15) is 0 Å². The Morgan fingerprint density at radius 2 is 1.89 bits per heavy atom. The number of nitrogens with zero attached hydrogens (tertiary/aromatic N) is 1. The summed E-state index contributed by atoms with van der Waals surface area (Å²) in [5.41, 5.74) is -0.0116. The predicted octanol–water partition coefficient (Wildman–Crippen LogP) is -1.37. The molecule has 0 aliphatic carbocycles. The fraction of sp³-hybridized carbons (Fsp3) is 0.333. The molecule has 0 aliphatic heterocycles. The van der Waals surface area contributed by atoms with Crippen molar-refractivity contribution < 1.29 is 47.5 Å². The fourth-order valence-corrected chi connectivity index (χ4v) is 2.80. The van der Waals surface area contributed by atoms with Crippen molar-refractivity contribution in [2.75, 3.05) is 11.5 Å². The topological polar surface area (TPSA) is 100 Å². The summed E-state index contributed by atoms with van der Waals surface area (Å²) in [4.78, 5) is 10.6. The first-order valence-electron chi connectivity index (χ1n) is 4.70. The number of nitro groups is 1. The summed E-state index contributed by atoms with van der Waals surface area (Å²) >= 11 is 1.17. The monoisotopic (exact) mass is 299 g/mol. The van der Waals surface area contributed by atoms with Gasteiger partial charge < -0.3 is 4.55 Å². The molecular weight excluding hydrogens is 289 g/mol. The van der Waals surface area contributed by atoms with E-state index >= 15 is 0 Å². The van der Waals surface area contributed by atoms with Crippen LogP contribution in [0.5, 0.6) is 0 Å². The Morgan fingerprint density at radius 3 is 2.44 bits per heavy atom. The molecule has 6 nitrogen and oxygen atoms in total. The maximum Gasteiger partial charge on any atom is 1.00 e. The van der Waals surface area contributed by atoms with Crippen LogP contribution in [-0.4, -0.2) is 29.4 Å². The maximum absolute atomic E-state index is 10.7. The van der Waals surface area contributed by atoms with E-state index in [1.165, 1.54) is 17.8 Å². The van der Waals surface area contributed by atoms with E-state index in [4.69, 9.17) is 0 Å². The van der Waals surface area contributed by atoms with Gasteiger partial charge >= 0.3 is 29.6 Å². The Balaban J connectivity index is 0.00000289. The van der Waals surface area contributed by atoms with Gasteiger partial charge in [0.2, 0.25) is 0 Å². The molecule has 1 aromatic carbocycles. The Labute approximate surface area is 131 Å². The zero-order chi connectivity index (χ0) is 12.9. The molecule has 1 aromatic rings. The van der Waals surface area contributed by atoms with Crippen molar-refractivity contribution in [3.63, 3.8) is 0 Å². The number of benzene rings is 1. The summed E-state index contributed by atoms with van der Waals surface area (Å²) in [5.74, 6) is -0.0903. The van der Waals surface area contributed by atoms with Crippen LogP contribution < -0.4 is 29.6 Å². The van der Waals surface area contributed by atoms with Crippen LogP contribution in [-0.2, 0) is 10.1 Å². The van der Waals surface area contributed by atoms with Gasteiger partial charge in [0.05, 0.1) is 19.9 Å². The van der Waals surface area contributed by atoms with E-state index in [-0.39, 0.29) is 41.7 Å². The van der Waals surface area contributed by atoms with E-state index in [9.17, 15) is 23.1 Å². The van der Waals surface area contributed by atoms with Gasteiger partial charge in [-0.15, -0.1) is 11.8 Å². The van der Waals surface area contributed by atoms with Crippen LogP contribution in [0.25, 0.3) is 0 Å². The van der Waals surface area contributed by atoms with E-state index in [2.05, 4.69) is 0 Å². The molecule has 0 saturated carbocycles. The SMILES string of the molecule is O=[N+]([O-])c1ccccc1SCCCS(=O)(=O)[O-].[Na+]. The second kappa shape index (κ2) is 8.13. The minimum Gasteiger partial charge on any atom is -0.748 e. The van der Waals surface area contributed by atoms with Crippen molar-refractivity contribution in [1.82, 2.24) is 0 Å². The molecule has 0 aromatic heterocycles. The molecule has 94 valence electrons. The number of thioether (sulfide) groups is 1. The smallest absolute Gasteiger partial charge is 0.748 e. The van der Waals surface area contributed by atoms with E-state index in [0.29, 0.717) is 10.6 Å². The first kappa shape index (κ1) is 17.9. The minimum atomic E-state index is -4.20. The molecule has 0 unspecified atom stereocenters. The zero-order valence-electron chi connectivity index (χ0n) is 9.74. The third-order valence-corrected chi connectivity index (χ3v) is 3.80. The van der Waals surface area contributed by atoms with E-state index in [0.717, 1.165) is 0 Å². The standard InChI is InChI=1S/C9H11NO5S2.Na/c11-10(12)8-4-1-2-5-9(8)16-6-3-7-17(13,14)15;/h1-2,4-5H,3,6-7H2,(H,13,14,15);/q;+1/p-1. The van der Waals surface area contributed by atoms with Gasteiger partial charge in [-0.05, 0) is 18.2 Å². The summed E-state index contributed by atoms with van der Waals surface area (Å²) in [6.07, 6.45) is 0.183. The van der Waals surface area contributed by atoms with Crippen molar-refractivity contribution in [1.29, 1.82) is 0 Å². The number of hydrogen-bond donors (Lipinski definition) is 0. The molecule has 0 saturated heterocycles. The Kier molecular flexibility index (Phi) is 8.08. The third kappa shape index (κ3) is 6.72. The maximum atomic E-state index is 10.7. The van der Waals surface area contributed by atoms with Crippen LogP contribution in [0.1, 0.15) is 6.42 Å². The second-order valence-electron chi connectivity index (χ2n) is 3.19. The zero-order valence-corrected chi connectivity index (χ0v) is 13.4. The average Bonchev–Trinajstić information content (AvgIpc) is 2.23. The van der Waals surface area contributed by atoms with Gasteiger partial charge in [-0.2, -0.15) is 0 Å². The van der Waals surface area contributed by atoms with E-state index in [1.54, 1.807) is 18.2 Å². The molecule has 0 N–H and O–H groups in total. The fourth-order valence-electron chi connectivity index (χ4n) is 1.15. The Morgan fingerprint density at radius 1 is 1.28 bits per heavy atom. The molecule has 0 heterocycles. The summed E-state index contributed by atoms with van der Waals surface area (Å²) in [7, 11) is -4.20. The van der Waals surface area contributed by atoms with Crippen molar-refractivity contribution in [3.05, 3.63) is 34.4 Å². The van der Waals surface area contributed by atoms with Crippen LogP contribution in [0.15, 0.2) is 29.2 Å². The van der Waals surface area contributed by atoms with Crippen LogP contribution in [0.3, 0.4) is 0 Å². The van der Waals surface area contributed by atoms with Gasteiger partial charge in [0.25, 0.3) is 5.69 Å². The van der Waals surface area contributed by atoms with Crippen molar-refractivity contribution >= 4 is 27.6 Å². The third-order valence-electron chi connectivity index (χ3n) is 1.86. The molecule has 0 aliphatic rings. The Bertz CT molecular complexity index is 505. The summed E-state index contributed by atoms with van der Waals surface area (Å²) in [5, 5.41) is 10.7. The molecule has 0 radical (unpaired) electrons. The minimum absolute atomic E-state index is 0. The quantitative estimate of drug-likeness (QED) is 0.160. The second-order valence-corrected chi connectivity index (χ2v) is 5.85. The van der Waals surface area contributed by atoms with E-state index < -0.39 is 20.8 Å².